The van der Waals surface area contributed by atoms with E-state index in [-0.39, 0.29) is 5.97 Å². The maximum absolute atomic E-state index is 11.9. The SMILES string of the molecule is CCCCCCC(C)(C)C(=O)OOC(C)(C)CC. The molecular formula is C15H30O3. The summed E-state index contributed by atoms with van der Waals surface area (Å²) in [5.41, 5.74) is -0.870. The third-order valence-electron chi connectivity index (χ3n) is 3.40. The molecule has 0 aliphatic rings. The first-order valence-electron chi connectivity index (χ1n) is 7.15. The van der Waals surface area contributed by atoms with Gasteiger partial charge in [0.25, 0.3) is 0 Å². The standard InChI is InChI=1S/C15H30O3/c1-7-9-10-11-12-14(3,4)13(16)17-18-15(5,6)8-2/h7-12H2,1-6H3. The fraction of sp³-hybridized carbons (Fsp3) is 0.933. The molecule has 0 bridgehead atoms. The first kappa shape index (κ1) is 17.4. The number of hydrogen-bond donors (Lipinski definition) is 0. The second-order valence-electron chi connectivity index (χ2n) is 6.26. The molecule has 0 aromatic heterocycles. The van der Waals surface area contributed by atoms with Gasteiger partial charge in [-0.1, -0.05) is 39.5 Å². The van der Waals surface area contributed by atoms with Gasteiger partial charge in [-0.2, -0.15) is 4.89 Å². The highest BCUT2D eigenvalue weighted by molar-refractivity contribution is 5.75. The van der Waals surface area contributed by atoms with E-state index in [4.69, 9.17) is 9.78 Å². The maximum Gasteiger partial charge on any atom is 0.347 e. The van der Waals surface area contributed by atoms with Gasteiger partial charge >= 0.3 is 5.97 Å². The van der Waals surface area contributed by atoms with Crippen LogP contribution >= 0.6 is 0 Å². The number of hydrogen-bond acceptors (Lipinski definition) is 3. The molecule has 3 nitrogen and oxygen atoms in total. The molecule has 108 valence electrons. The van der Waals surface area contributed by atoms with Crippen LogP contribution in [-0.2, 0) is 14.6 Å². The van der Waals surface area contributed by atoms with Crippen molar-refractivity contribution in [2.24, 2.45) is 5.41 Å². The predicted octanol–water partition coefficient (Wildman–Crippen LogP) is 4.65. The Morgan fingerprint density at radius 3 is 2.11 bits per heavy atom. The van der Waals surface area contributed by atoms with Crippen molar-refractivity contribution in [1.29, 1.82) is 0 Å². The fourth-order valence-corrected chi connectivity index (χ4v) is 1.42. The van der Waals surface area contributed by atoms with E-state index >= 15 is 0 Å². The summed E-state index contributed by atoms with van der Waals surface area (Å²) in [5, 5.41) is 0. The van der Waals surface area contributed by atoms with Crippen molar-refractivity contribution in [3.8, 4) is 0 Å². The Bertz CT molecular complexity index is 244. The van der Waals surface area contributed by atoms with E-state index in [0.717, 1.165) is 19.3 Å². The Morgan fingerprint density at radius 1 is 1.00 bits per heavy atom. The number of unbranched alkanes of at least 4 members (excludes halogenated alkanes) is 3. The Labute approximate surface area is 112 Å². The van der Waals surface area contributed by atoms with Gasteiger partial charge in [-0.15, -0.1) is 0 Å². The van der Waals surface area contributed by atoms with Crippen molar-refractivity contribution in [3.63, 3.8) is 0 Å². The summed E-state index contributed by atoms with van der Waals surface area (Å²) in [6.07, 6.45) is 6.32. The summed E-state index contributed by atoms with van der Waals surface area (Å²) >= 11 is 0. The molecule has 0 saturated carbocycles. The van der Waals surface area contributed by atoms with Gasteiger partial charge in [-0.3, -0.25) is 4.89 Å². The fourth-order valence-electron chi connectivity index (χ4n) is 1.42. The summed E-state index contributed by atoms with van der Waals surface area (Å²) in [4.78, 5) is 22.1. The zero-order valence-electron chi connectivity index (χ0n) is 13.0. The molecule has 0 fully saturated rings. The van der Waals surface area contributed by atoms with Crippen LogP contribution in [0.4, 0.5) is 0 Å². The quantitative estimate of drug-likeness (QED) is 0.343. The number of rotatable bonds is 9. The molecular weight excluding hydrogens is 228 g/mol. The highest BCUT2D eigenvalue weighted by Gasteiger charge is 2.31. The average Bonchev–Trinajstić information content (AvgIpc) is 2.31. The van der Waals surface area contributed by atoms with Crippen molar-refractivity contribution < 1.29 is 14.6 Å². The molecule has 0 spiro atoms. The first-order valence-corrected chi connectivity index (χ1v) is 7.15. The van der Waals surface area contributed by atoms with Crippen LogP contribution in [0.1, 0.15) is 80.1 Å². The van der Waals surface area contributed by atoms with Crippen LogP contribution in [-0.4, -0.2) is 11.6 Å². The van der Waals surface area contributed by atoms with E-state index < -0.39 is 11.0 Å². The van der Waals surface area contributed by atoms with Crippen LogP contribution in [0, 0.1) is 5.41 Å². The van der Waals surface area contributed by atoms with Crippen molar-refractivity contribution in [3.05, 3.63) is 0 Å². The summed E-state index contributed by atoms with van der Waals surface area (Å²) in [6.45, 7) is 11.8. The second-order valence-corrected chi connectivity index (χ2v) is 6.26. The van der Waals surface area contributed by atoms with E-state index in [2.05, 4.69) is 6.92 Å². The third-order valence-corrected chi connectivity index (χ3v) is 3.40. The van der Waals surface area contributed by atoms with Crippen molar-refractivity contribution in [2.45, 2.75) is 85.7 Å². The molecule has 0 aliphatic heterocycles. The largest absolute Gasteiger partial charge is 0.347 e. The molecule has 0 N–H and O–H groups in total. The topological polar surface area (TPSA) is 35.5 Å². The molecule has 3 heteroatoms. The molecule has 0 unspecified atom stereocenters. The van der Waals surface area contributed by atoms with Gasteiger partial charge in [0, 0.05) is 0 Å². The van der Waals surface area contributed by atoms with Crippen molar-refractivity contribution >= 4 is 5.97 Å². The van der Waals surface area contributed by atoms with E-state index in [1.807, 2.05) is 34.6 Å². The Hall–Kier alpha value is -0.570. The lowest BCUT2D eigenvalue weighted by atomic mass is 9.87. The monoisotopic (exact) mass is 258 g/mol. The van der Waals surface area contributed by atoms with Gasteiger partial charge in [-0.05, 0) is 40.5 Å². The van der Waals surface area contributed by atoms with Crippen molar-refractivity contribution in [1.82, 2.24) is 0 Å². The highest BCUT2D eigenvalue weighted by atomic mass is 17.2. The predicted molar refractivity (Wildman–Crippen MR) is 74.1 cm³/mol. The normalized spacial score (nSPS) is 12.6. The zero-order valence-corrected chi connectivity index (χ0v) is 13.0. The molecule has 0 saturated heterocycles. The first-order chi connectivity index (χ1) is 8.25. The lowest BCUT2D eigenvalue weighted by Gasteiger charge is -2.25. The van der Waals surface area contributed by atoms with Crippen molar-refractivity contribution in [2.75, 3.05) is 0 Å². The zero-order chi connectivity index (χ0) is 14.2. The van der Waals surface area contributed by atoms with E-state index in [1.54, 1.807) is 0 Å². The van der Waals surface area contributed by atoms with Gasteiger partial charge in [-0.25, -0.2) is 4.79 Å². The lowest BCUT2D eigenvalue weighted by Crippen LogP contribution is -2.31. The minimum absolute atomic E-state index is 0.263. The number of carbonyl (C=O) groups is 1. The van der Waals surface area contributed by atoms with Gasteiger partial charge in [0.15, 0.2) is 0 Å². The minimum Gasteiger partial charge on any atom is -0.297 e. The van der Waals surface area contributed by atoms with Gasteiger partial charge < -0.3 is 0 Å². The van der Waals surface area contributed by atoms with Crippen LogP contribution < -0.4 is 0 Å². The summed E-state index contributed by atoms with van der Waals surface area (Å²) < 4.78 is 0. The Morgan fingerprint density at radius 2 is 1.61 bits per heavy atom. The van der Waals surface area contributed by atoms with E-state index in [0.29, 0.717) is 0 Å². The van der Waals surface area contributed by atoms with Crippen LogP contribution in [0.5, 0.6) is 0 Å². The van der Waals surface area contributed by atoms with Gasteiger partial charge in [0.2, 0.25) is 0 Å². The average molecular weight is 258 g/mol. The highest BCUT2D eigenvalue weighted by Crippen LogP contribution is 2.27. The third kappa shape index (κ3) is 7.00. The molecule has 0 amide bonds. The van der Waals surface area contributed by atoms with E-state index in [9.17, 15) is 4.79 Å². The van der Waals surface area contributed by atoms with E-state index in [1.165, 1.54) is 19.3 Å². The molecule has 0 aliphatic carbocycles. The van der Waals surface area contributed by atoms with Gasteiger partial charge in [0.05, 0.1) is 5.41 Å². The molecule has 0 atom stereocenters. The summed E-state index contributed by atoms with van der Waals surface area (Å²) in [7, 11) is 0. The van der Waals surface area contributed by atoms with Crippen LogP contribution in [0.3, 0.4) is 0 Å². The molecule has 0 aromatic carbocycles. The lowest BCUT2D eigenvalue weighted by molar-refractivity contribution is -0.331. The van der Waals surface area contributed by atoms with Crippen LogP contribution in [0.15, 0.2) is 0 Å². The van der Waals surface area contributed by atoms with Gasteiger partial charge in [0.1, 0.15) is 5.60 Å². The maximum atomic E-state index is 11.9. The molecule has 0 heterocycles. The van der Waals surface area contributed by atoms with Crippen LogP contribution in [0.25, 0.3) is 0 Å². The Kier molecular flexibility index (Phi) is 7.53. The molecule has 18 heavy (non-hydrogen) atoms. The summed E-state index contributed by atoms with van der Waals surface area (Å²) in [6, 6.07) is 0. The molecule has 0 rings (SSSR count). The second kappa shape index (κ2) is 7.78. The van der Waals surface area contributed by atoms with Crippen LogP contribution in [0.2, 0.25) is 0 Å². The number of carbonyl (C=O) groups excluding carboxylic acids is 1. The summed E-state index contributed by atoms with van der Waals surface area (Å²) in [5.74, 6) is -0.263. The Balaban J connectivity index is 4.06. The smallest absolute Gasteiger partial charge is 0.297 e. The molecule has 0 radical (unpaired) electrons. The molecule has 0 aromatic rings. The minimum atomic E-state index is -0.461.